The molecule has 2 rings (SSSR count). The van der Waals surface area contributed by atoms with Gasteiger partial charge >= 0.3 is 0 Å². The zero-order valence-electron chi connectivity index (χ0n) is 10.9. The summed E-state index contributed by atoms with van der Waals surface area (Å²) in [6.07, 6.45) is 0. The van der Waals surface area contributed by atoms with E-state index >= 15 is 0 Å². The summed E-state index contributed by atoms with van der Waals surface area (Å²) in [7, 11) is 1.69. The lowest BCUT2D eigenvalue weighted by molar-refractivity contribution is 0.411. The Morgan fingerprint density at radius 1 is 1.39 bits per heavy atom. The fraction of sp³-hybridized carbons (Fsp3) is 0.357. The van der Waals surface area contributed by atoms with Crippen molar-refractivity contribution in [3.05, 3.63) is 45.4 Å². The first-order valence-electron chi connectivity index (χ1n) is 5.92. The fourth-order valence-electron chi connectivity index (χ4n) is 2.03. The molecule has 0 bridgehead atoms. The zero-order valence-corrected chi connectivity index (χ0v) is 11.8. The average Bonchev–Trinajstić information content (AvgIpc) is 2.77. The van der Waals surface area contributed by atoms with Crippen LogP contribution in [-0.4, -0.2) is 18.6 Å². The van der Waals surface area contributed by atoms with E-state index < -0.39 is 0 Å². The molecule has 3 nitrogen and oxygen atoms in total. The molecule has 0 radical (unpaired) electrons. The largest absolute Gasteiger partial charge is 0.496 e. The van der Waals surface area contributed by atoms with Crippen LogP contribution in [0.3, 0.4) is 0 Å². The second kappa shape index (κ2) is 5.50. The maximum atomic E-state index is 5.90. The van der Waals surface area contributed by atoms with Gasteiger partial charge in [-0.3, -0.25) is 0 Å². The number of nitrogens with zero attached hydrogens (tertiary/aromatic N) is 1. The van der Waals surface area contributed by atoms with Gasteiger partial charge < -0.3 is 10.5 Å². The monoisotopic (exact) mass is 262 g/mol. The Labute approximate surface area is 112 Å². The zero-order chi connectivity index (χ0) is 13.1. The maximum absolute atomic E-state index is 5.90. The minimum atomic E-state index is 0.174. The summed E-state index contributed by atoms with van der Waals surface area (Å²) < 4.78 is 5.28. The minimum Gasteiger partial charge on any atom is -0.496 e. The number of aryl methyl sites for hydroxylation is 2. The van der Waals surface area contributed by atoms with Crippen molar-refractivity contribution in [3.63, 3.8) is 0 Å². The summed E-state index contributed by atoms with van der Waals surface area (Å²) in [5.74, 6) is 1.08. The van der Waals surface area contributed by atoms with E-state index in [1.165, 1.54) is 5.56 Å². The summed E-state index contributed by atoms with van der Waals surface area (Å²) in [5.41, 5.74) is 9.28. The van der Waals surface area contributed by atoms with E-state index in [9.17, 15) is 0 Å². The lowest BCUT2D eigenvalue weighted by Crippen LogP contribution is -2.14. The number of rotatable bonds is 4. The number of benzene rings is 1. The lowest BCUT2D eigenvalue weighted by Gasteiger charge is -2.14. The van der Waals surface area contributed by atoms with Crippen LogP contribution in [0.15, 0.2) is 23.6 Å². The molecule has 1 heterocycles. The van der Waals surface area contributed by atoms with E-state index in [0.29, 0.717) is 6.54 Å². The Morgan fingerprint density at radius 2 is 2.17 bits per heavy atom. The van der Waals surface area contributed by atoms with Gasteiger partial charge in [-0.2, -0.15) is 0 Å². The molecule has 1 atom stereocenters. The van der Waals surface area contributed by atoms with E-state index in [2.05, 4.69) is 22.5 Å². The van der Waals surface area contributed by atoms with Gasteiger partial charge in [0.2, 0.25) is 0 Å². The van der Waals surface area contributed by atoms with Gasteiger partial charge in [-0.15, -0.1) is 11.3 Å². The quantitative estimate of drug-likeness (QED) is 0.921. The van der Waals surface area contributed by atoms with E-state index in [0.717, 1.165) is 22.0 Å². The first-order valence-corrected chi connectivity index (χ1v) is 6.80. The first kappa shape index (κ1) is 13.1. The van der Waals surface area contributed by atoms with Crippen molar-refractivity contribution in [3.8, 4) is 5.75 Å². The van der Waals surface area contributed by atoms with Gasteiger partial charge in [0.1, 0.15) is 10.8 Å². The van der Waals surface area contributed by atoms with Gasteiger partial charge in [-0.1, -0.05) is 12.1 Å². The van der Waals surface area contributed by atoms with Crippen molar-refractivity contribution >= 4 is 11.3 Å². The Morgan fingerprint density at radius 3 is 2.67 bits per heavy atom. The molecule has 0 aliphatic rings. The Bertz CT molecular complexity index is 536. The van der Waals surface area contributed by atoms with Crippen molar-refractivity contribution in [2.75, 3.05) is 13.7 Å². The highest BCUT2D eigenvalue weighted by Gasteiger charge is 2.16. The first-order chi connectivity index (χ1) is 8.65. The number of methoxy groups -OCH3 is 1. The molecule has 0 aliphatic heterocycles. The molecule has 18 heavy (non-hydrogen) atoms. The molecule has 0 aliphatic carbocycles. The Hall–Kier alpha value is -1.39. The fourth-order valence-corrected chi connectivity index (χ4v) is 2.97. The molecular weight excluding hydrogens is 244 g/mol. The van der Waals surface area contributed by atoms with Crippen molar-refractivity contribution in [1.29, 1.82) is 0 Å². The summed E-state index contributed by atoms with van der Waals surface area (Å²) in [4.78, 5) is 4.54. The second-order valence-corrected chi connectivity index (χ2v) is 5.23. The smallest absolute Gasteiger partial charge is 0.121 e. The van der Waals surface area contributed by atoms with Crippen LogP contribution < -0.4 is 10.5 Å². The predicted molar refractivity (Wildman–Crippen MR) is 75.5 cm³/mol. The van der Waals surface area contributed by atoms with Gasteiger partial charge in [0.15, 0.2) is 0 Å². The molecule has 0 saturated carbocycles. The van der Waals surface area contributed by atoms with Crippen molar-refractivity contribution in [1.82, 2.24) is 4.98 Å². The van der Waals surface area contributed by atoms with Gasteiger partial charge in [-0.05, 0) is 31.0 Å². The van der Waals surface area contributed by atoms with Crippen LogP contribution in [0, 0.1) is 13.8 Å². The second-order valence-electron chi connectivity index (χ2n) is 4.34. The third-order valence-corrected chi connectivity index (χ3v) is 4.07. The molecule has 1 aromatic carbocycles. The van der Waals surface area contributed by atoms with Crippen molar-refractivity contribution < 1.29 is 4.74 Å². The number of hydrogen-bond acceptors (Lipinski definition) is 4. The van der Waals surface area contributed by atoms with E-state index in [1.54, 1.807) is 18.4 Å². The van der Waals surface area contributed by atoms with Crippen LogP contribution in [0.4, 0.5) is 0 Å². The minimum absolute atomic E-state index is 0.174. The Kier molecular flexibility index (Phi) is 3.99. The molecule has 1 aromatic heterocycles. The van der Waals surface area contributed by atoms with Crippen molar-refractivity contribution in [2.45, 2.75) is 19.8 Å². The summed E-state index contributed by atoms with van der Waals surface area (Å²) in [6, 6.07) is 6.20. The molecular formula is C14H18N2OS. The SMILES string of the molecule is COc1ccc(C(CN)c2nc(C)cs2)cc1C. The predicted octanol–water partition coefficient (Wildman–Crippen LogP) is 2.86. The Balaban J connectivity index is 2.36. The highest BCUT2D eigenvalue weighted by molar-refractivity contribution is 7.09. The number of nitrogens with two attached hydrogens (primary N) is 1. The average molecular weight is 262 g/mol. The summed E-state index contributed by atoms with van der Waals surface area (Å²) >= 11 is 1.67. The number of hydrogen-bond donors (Lipinski definition) is 1. The van der Waals surface area contributed by atoms with E-state index in [-0.39, 0.29) is 5.92 Å². The van der Waals surface area contributed by atoms with Gasteiger partial charge in [0.25, 0.3) is 0 Å². The maximum Gasteiger partial charge on any atom is 0.121 e. The highest BCUT2D eigenvalue weighted by atomic mass is 32.1. The summed E-state index contributed by atoms with van der Waals surface area (Å²) in [6.45, 7) is 4.62. The molecule has 0 spiro atoms. The topological polar surface area (TPSA) is 48.1 Å². The third-order valence-electron chi connectivity index (χ3n) is 2.99. The molecule has 4 heteroatoms. The van der Waals surface area contributed by atoms with E-state index in [4.69, 9.17) is 10.5 Å². The summed E-state index contributed by atoms with van der Waals surface area (Å²) in [5, 5.41) is 3.15. The number of thiazole rings is 1. The molecule has 1 unspecified atom stereocenters. The molecule has 2 N–H and O–H groups in total. The molecule has 0 amide bonds. The molecule has 2 aromatic rings. The van der Waals surface area contributed by atoms with Gasteiger partial charge in [0, 0.05) is 23.5 Å². The number of ether oxygens (including phenoxy) is 1. The van der Waals surface area contributed by atoms with Crippen molar-refractivity contribution in [2.24, 2.45) is 5.73 Å². The van der Waals surface area contributed by atoms with Crippen LogP contribution in [0.2, 0.25) is 0 Å². The van der Waals surface area contributed by atoms with Gasteiger partial charge in [-0.25, -0.2) is 4.98 Å². The highest BCUT2D eigenvalue weighted by Crippen LogP contribution is 2.29. The molecule has 0 fully saturated rings. The molecule has 0 saturated heterocycles. The van der Waals surface area contributed by atoms with Gasteiger partial charge in [0.05, 0.1) is 7.11 Å². The number of aromatic nitrogens is 1. The standard InChI is InChI=1S/C14H18N2OS/c1-9-6-11(4-5-13(9)17-3)12(7-15)14-16-10(2)8-18-14/h4-6,8,12H,7,15H2,1-3H3. The lowest BCUT2D eigenvalue weighted by atomic mass is 9.98. The van der Waals surface area contributed by atoms with E-state index in [1.807, 2.05) is 19.9 Å². The van der Waals surface area contributed by atoms with Crippen LogP contribution in [0.5, 0.6) is 5.75 Å². The van der Waals surface area contributed by atoms with Crippen LogP contribution in [-0.2, 0) is 0 Å². The third kappa shape index (κ3) is 2.54. The van der Waals surface area contributed by atoms with Crippen LogP contribution >= 0.6 is 11.3 Å². The molecule has 96 valence electrons. The van der Waals surface area contributed by atoms with Crippen LogP contribution in [0.25, 0.3) is 0 Å². The normalized spacial score (nSPS) is 12.4. The van der Waals surface area contributed by atoms with Crippen LogP contribution in [0.1, 0.15) is 27.7 Å².